The topological polar surface area (TPSA) is 79.2 Å². The van der Waals surface area contributed by atoms with Crippen LogP contribution in [0.2, 0.25) is 0 Å². The molecule has 1 aliphatic rings. The number of amides is 2. The average molecular weight is 234 g/mol. The summed E-state index contributed by atoms with van der Waals surface area (Å²) in [6, 6.07) is 7.54. The van der Waals surface area contributed by atoms with E-state index in [2.05, 4.69) is 16.0 Å². The zero-order chi connectivity index (χ0) is 12.1. The van der Waals surface area contributed by atoms with Gasteiger partial charge in [-0.15, -0.1) is 0 Å². The van der Waals surface area contributed by atoms with Gasteiger partial charge in [-0.25, -0.2) is 4.79 Å². The molecule has 5 N–H and O–H groups in total. The molecule has 92 valence electrons. The molecule has 0 aliphatic carbocycles. The summed E-state index contributed by atoms with van der Waals surface area (Å²) in [6.07, 6.45) is 2.46. The predicted molar refractivity (Wildman–Crippen MR) is 69.2 cm³/mol. The molecule has 1 aromatic rings. The molecule has 0 bridgehead atoms. The highest BCUT2D eigenvalue weighted by Crippen LogP contribution is 2.15. The van der Waals surface area contributed by atoms with Gasteiger partial charge in [-0.3, -0.25) is 0 Å². The number of nitrogens with two attached hydrogens (primary N) is 1. The summed E-state index contributed by atoms with van der Waals surface area (Å²) in [5.41, 5.74) is 6.77. The lowest BCUT2D eigenvalue weighted by atomic mass is 10.2. The third-order valence-electron chi connectivity index (χ3n) is 2.85. The minimum atomic E-state index is -0.542. The summed E-state index contributed by atoms with van der Waals surface area (Å²) < 4.78 is 0. The molecule has 5 nitrogen and oxygen atoms in total. The number of rotatable bonds is 4. The van der Waals surface area contributed by atoms with Crippen LogP contribution in [0.4, 0.5) is 16.2 Å². The Kier molecular flexibility index (Phi) is 3.82. The molecule has 0 radical (unpaired) electrons. The highest BCUT2D eigenvalue weighted by molar-refractivity contribution is 5.88. The van der Waals surface area contributed by atoms with Crippen molar-refractivity contribution in [2.24, 2.45) is 5.73 Å². The third kappa shape index (κ3) is 3.64. The molecule has 0 spiro atoms. The zero-order valence-corrected chi connectivity index (χ0v) is 9.70. The number of carbonyl (C=O) groups excluding carboxylic acids is 1. The number of urea groups is 1. The minimum absolute atomic E-state index is 0.542. The first kappa shape index (κ1) is 11.7. The van der Waals surface area contributed by atoms with Crippen molar-refractivity contribution < 1.29 is 4.79 Å². The number of nitrogens with one attached hydrogen (secondary N) is 3. The van der Waals surface area contributed by atoms with Gasteiger partial charge in [-0.2, -0.15) is 0 Å². The lowest BCUT2D eigenvalue weighted by Gasteiger charge is -2.13. The molecule has 1 unspecified atom stereocenters. The van der Waals surface area contributed by atoms with Crippen LogP contribution in [0, 0.1) is 0 Å². The smallest absolute Gasteiger partial charge is 0.316 e. The Labute approximate surface area is 101 Å². The molecular formula is C12H18N4O. The Morgan fingerprint density at radius 1 is 1.47 bits per heavy atom. The quantitative estimate of drug-likeness (QED) is 0.635. The summed E-state index contributed by atoms with van der Waals surface area (Å²) >= 11 is 0. The number of hydrogen-bond donors (Lipinski definition) is 4. The van der Waals surface area contributed by atoms with Crippen molar-refractivity contribution in [3.05, 3.63) is 24.3 Å². The summed E-state index contributed by atoms with van der Waals surface area (Å²) in [4.78, 5) is 10.7. The number of primary amides is 1. The van der Waals surface area contributed by atoms with Crippen LogP contribution in [-0.2, 0) is 0 Å². The number of anilines is 2. The standard InChI is InChI=1S/C12H18N4O/c13-12(17)16-10-4-1-3-9(7-10)15-8-11-5-2-6-14-11/h1,3-4,7,11,14-15H,2,5-6,8H2,(H3,13,16,17). The Balaban J connectivity index is 1.88. The van der Waals surface area contributed by atoms with Crippen LogP contribution in [0.3, 0.4) is 0 Å². The van der Waals surface area contributed by atoms with Crippen LogP contribution in [0.5, 0.6) is 0 Å². The Bertz CT molecular complexity index is 388. The Hall–Kier alpha value is -1.75. The van der Waals surface area contributed by atoms with Crippen LogP contribution in [0.1, 0.15) is 12.8 Å². The highest BCUT2D eigenvalue weighted by atomic mass is 16.2. The Morgan fingerprint density at radius 2 is 2.29 bits per heavy atom. The molecule has 1 saturated heterocycles. The van der Waals surface area contributed by atoms with E-state index in [1.807, 2.05) is 24.3 Å². The molecule has 17 heavy (non-hydrogen) atoms. The highest BCUT2D eigenvalue weighted by Gasteiger charge is 2.13. The maximum atomic E-state index is 10.7. The molecule has 1 atom stereocenters. The lowest BCUT2D eigenvalue weighted by molar-refractivity contribution is 0.259. The van der Waals surface area contributed by atoms with Crippen molar-refractivity contribution in [3.63, 3.8) is 0 Å². The van der Waals surface area contributed by atoms with E-state index in [1.54, 1.807) is 0 Å². The first-order valence-corrected chi connectivity index (χ1v) is 5.88. The second-order valence-electron chi connectivity index (χ2n) is 4.24. The predicted octanol–water partition coefficient (Wildman–Crippen LogP) is 1.34. The van der Waals surface area contributed by atoms with Crippen molar-refractivity contribution in [2.75, 3.05) is 23.7 Å². The van der Waals surface area contributed by atoms with Gasteiger partial charge in [0.2, 0.25) is 0 Å². The van der Waals surface area contributed by atoms with Crippen molar-refractivity contribution >= 4 is 17.4 Å². The van der Waals surface area contributed by atoms with E-state index < -0.39 is 6.03 Å². The Morgan fingerprint density at radius 3 is 3.00 bits per heavy atom. The maximum Gasteiger partial charge on any atom is 0.316 e. The average Bonchev–Trinajstić information content (AvgIpc) is 2.79. The molecule has 1 aromatic carbocycles. The van der Waals surface area contributed by atoms with Crippen molar-refractivity contribution in [3.8, 4) is 0 Å². The van der Waals surface area contributed by atoms with E-state index in [0.29, 0.717) is 11.7 Å². The second-order valence-corrected chi connectivity index (χ2v) is 4.24. The van der Waals surface area contributed by atoms with E-state index in [0.717, 1.165) is 18.8 Å². The van der Waals surface area contributed by atoms with E-state index in [1.165, 1.54) is 12.8 Å². The van der Waals surface area contributed by atoms with Crippen LogP contribution < -0.4 is 21.7 Å². The fourth-order valence-corrected chi connectivity index (χ4v) is 2.02. The van der Waals surface area contributed by atoms with Crippen LogP contribution in [0.25, 0.3) is 0 Å². The molecule has 2 amide bonds. The fraction of sp³-hybridized carbons (Fsp3) is 0.417. The summed E-state index contributed by atoms with van der Waals surface area (Å²) in [5.74, 6) is 0. The first-order chi connectivity index (χ1) is 8.24. The van der Waals surface area contributed by atoms with E-state index in [9.17, 15) is 4.79 Å². The van der Waals surface area contributed by atoms with Gasteiger partial charge in [0.25, 0.3) is 0 Å². The van der Waals surface area contributed by atoms with Gasteiger partial charge in [-0.1, -0.05) is 6.07 Å². The molecule has 2 rings (SSSR count). The number of hydrogen-bond acceptors (Lipinski definition) is 3. The van der Waals surface area contributed by atoms with Crippen LogP contribution >= 0.6 is 0 Å². The largest absolute Gasteiger partial charge is 0.383 e. The summed E-state index contributed by atoms with van der Waals surface area (Å²) in [5, 5.41) is 9.32. The second kappa shape index (κ2) is 5.54. The molecule has 1 fully saturated rings. The van der Waals surface area contributed by atoms with E-state index >= 15 is 0 Å². The zero-order valence-electron chi connectivity index (χ0n) is 9.70. The normalized spacial score (nSPS) is 18.9. The number of carbonyl (C=O) groups is 1. The van der Waals surface area contributed by atoms with Gasteiger partial charge < -0.3 is 21.7 Å². The van der Waals surface area contributed by atoms with Gasteiger partial charge in [0, 0.05) is 24.0 Å². The van der Waals surface area contributed by atoms with Crippen LogP contribution in [-0.4, -0.2) is 25.2 Å². The van der Waals surface area contributed by atoms with Gasteiger partial charge >= 0.3 is 6.03 Å². The van der Waals surface area contributed by atoms with Gasteiger partial charge in [0.05, 0.1) is 0 Å². The fourth-order valence-electron chi connectivity index (χ4n) is 2.02. The van der Waals surface area contributed by atoms with E-state index in [-0.39, 0.29) is 0 Å². The van der Waals surface area contributed by atoms with Crippen molar-refractivity contribution in [2.45, 2.75) is 18.9 Å². The van der Waals surface area contributed by atoms with Gasteiger partial charge in [0.1, 0.15) is 0 Å². The van der Waals surface area contributed by atoms with Crippen LogP contribution in [0.15, 0.2) is 24.3 Å². The monoisotopic (exact) mass is 234 g/mol. The molecule has 0 saturated carbocycles. The third-order valence-corrected chi connectivity index (χ3v) is 2.85. The van der Waals surface area contributed by atoms with Gasteiger partial charge in [-0.05, 0) is 37.6 Å². The number of benzene rings is 1. The lowest BCUT2D eigenvalue weighted by Crippen LogP contribution is -2.29. The van der Waals surface area contributed by atoms with Crippen molar-refractivity contribution in [1.29, 1.82) is 0 Å². The summed E-state index contributed by atoms with van der Waals surface area (Å²) in [7, 11) is 0. The first-order valence-electron chi connectivity index (χ1n) is 5.88. The molecular weight excluding hydrogens is 216 g/mol. The molecule has 5 heteroatoms. The van der Waals surface area contributed by atoms with Gasteiger partial charge in [0.15, 0.2) is 0 Å². The molecule has 0 aromatic heterocycles. The molecule has 1 heterocycles. The minimum Gasteiger partial charge on any atom is -0.383 e. The van der Waals surface area contributed by atoms with Crippen molar-refractivity contribution in [1.82, 2.24) is 5.32 Å². The molecule has 1 aliphatic heterocycles. The SMILES string of the molecule is NC(=O)Nc1cccc(NCC2CCCN2)c1. The van der Waals surface area contributed by atoms with E-state index in [4.69, 9.17) is 5.73 Å². The summed E-state index contributed by atoms with van der Waals surface area (Å²) in [6.45, 7) is 2.01. The maximum absolute atomic E-state index is 10.7.